The number of Topliss-reactive ketones (excluding diaryl/α,β-unsaturated/α-hetero) is 2. The molecule has 2 spiro atoms. The van der Waals surface area contributed by atoms with Crippen LogP contribution < -0.4 is 0 Å². The van der Waals surface area contributed by atoms with Crippen LogP contribution >= 0.6 is 0 Å². The minimum absolute atomic E-state index is 0.198. The van der Waals surface area contributed by atoms with E-state index in [0.29, 0.717) is 28.6 Å². The molecule has 1 N–H and O–H groups in total. The molecule has 0 aliphatic heterocycles. The fourth-order valence-corrected chi connectivity index (χ4v) is 9.50. The maximum absolute atomic E-state index is 12.4. The second-order valence-corrected chi connectivity index (χ2v) is 13.3. The van der Waals surface area contributed by atoms with Gasteiger partial charge < -0.3 is 5.11 Å². The number of rotatable bonds is 0. The second kappa shape index (κ2) is 7.81. The molecular formula is C35H38O3. The normalized spacial score (nSPS) is 31.7. The van der Waals surface area contributed by atoms with Crippen LogP contribution in [0.3, 0.4) is 0 Å². The first-order chi connectivity index (χ1) is 18.1. The minimum Gasteiger partial charge on any atom is -0.508 e. The molecule has 0 aromatic heterocycles. The van der Waals surface area contributed by atoms with E-state index in [1.807, 2.05) is 19.9 Å². The van der Waals surface area contributed by atoms with Crippen LogP contribution in [0.1, 0.15) is 91.3 Å². The number of fused-ring (bicyclic) bond motifs is 6. The first kappa shape index (κ1) is 24.1. The summed E-state index contributed by atoms with van der Waals surface area (Å²) in [5, 5.41) is 9.92. The number of ketones is 2. The van der Waals surface area contributed by atoms with Crippen molar-refractivity contribution < 1.29 is 14.7 Å². The third-order valence-electron chi connectivity index (χ3n) is 11.5. The molecule has 0 amide bonds. The van der Waals surface area contributed by atoms with Crippen LogP contribution in [0.2, 0.25) is 0 Å². The standard InChI is InChI=1S/C18H20O.C17H18O2/c1-10-4-5-14-15(11(10)2)9-18-7-6-13(8-18)17(19)12(3)16(14)18;1-9-13-8-17-6-5-11(7-17)16(19)10(2)15(17)12(13)3-4-14(9)18/h4-5,13H,6-9H2,1-3H3;3-4,11,18H,5-8H2,1-2H3. The fourth-order valence-electron chi connectivity index (χ4n) is 9.50. The number of aryl methyl sites for hydroxylation is 1. The van der Waals surface area contributed by atoms with Gasteiger partial charge in [-0.2, -0.15) is 0 Å². The van der Waals surface area contributed by atoms with Gasteiger partial charge in [0.1, 0.15) is 5.75 Å². The molecule has 2 aromatic carbocycles. The van der Waals surface area contributed by atoms with E-state index in [1.54, 1.807) is 6.07 Å². The summed E-state index contributed by atoms with van der Waals surface area (Å²) >= 11 is 0. The third-order valence-corrected chi connectivity index (χ3v) is 11.5. The van der Waals surface area contributed by atoms with Crippen LogP contribution in [0, 0.1) is 43.4 Å². The predicted molar refractivity (Wildman–Crippen MR) is 151 cm³/mol. The Morgan fingerprint density at radius 2 is 1.16 bits per heavy atom. The van der Waals surface area contributed by atoms with E-state index < -0.39 is 0 Å². The second-order valence-electron chi connectivity index (χ2n) is 13.3. The summed E-state index contributed by atoms with van der Waals surface area (Å²) in [6.07, 6.45) is 8.79. The predicted octanol–water partition coefficient (Wildman–Crippen LogP) is 7.40. The molecule has 4 unspecified atom stereocenters. The molecule has 6 aliphatic rings. The van der Waals surface area contributed by atoms with Crippen molar-refractivity contribution in [3.8, 4) is 5.75 Å². The summed E-state index contributed by atoms with van der Waals surface area (Å²) in [6.45, 7) is 10.5. The van der Waals surface area contributed by atoms with Gasteiger partial charge in [0, 0.05) is 22.7 Å². The Morgan fingerprint density at radius 1 is 0.684 bits per heavy atom. The van der Waals surface area contributed by atoms with Crippen molar-refractivity contribution in [3.05, 3.63) is 74.4 Å². The lowest BCUT2D eigenvalue weighted by molar-refractivity contribution is -0.120. The molecule has 2 aromatic rings. The van der Waals surface area contributed by atoms with Gasteiger partial charge in [0.25, 0.3) is 0 Å². The summed E-state index contributed by atoms with van der Waals surface area (Å²) < 4.78 is 0. The summed E-state index contributed by atoms with van der Waals surface area (Å²) in [5.74, 6) is 1.75. The van der Waals surface area contributed by atoms with Crippen LogP contribution in [0.25, 0.3) is 11.1 Å². The highest BCUT2D eigenvalue weighted by Gasteiger charge is 2.54. The number of allylic oxidation sites excluding steroid dienone is 4. The highest BCUT2D eigenvalue weighted by atomic mass is 16.3. The van der Waals surface area contributed by atoms with Gasteiger partial charge in [-0.25, -0.2) is 0 Å². The summed E-state index contributed by atoms with van der Waals surface area (Å²) in [5.41, 5.74) is 14.5. The molecule has 3 heteroatoms. The average Bonchev–Trinajstić information content (AvgIpc) is 3.65. The average molecular weight is 507 g/mol. The Hall–Kier alpha value is -2.94. The lowest BCUT2D eigenvalue weighted by Gasteiger charge is -2.31. The van der Waals surface area contributed by atoms with Crippen molar-refractivity contribution >= 4 is 22.7 Å². The highest BCUT2D eigenvalue weighted by Crippen LogP contribution is 2.64. The Morgan fingerprint density at radius 3 is 1.68 bits per heavy atom. The fraction of sp³-hybridized carbons (Fsp3) is 0.486. The molecule has 0 radical (unpaired) electrons. The number of carbonyl (C=O) groups excluding carboxylic acids is 2. The molecule has 4 atom stereocenters. The maximum atomic E-state index is 12.4. The topological polar surface area (TPSA) is 54.4 Å². The zero-order valence-corrected chi connectivity index (χ0v) is 23.4. The van der Waals surface area contributed by atoms with Gasteiger partial charge in [-0.1, -0.05) is 18.2 Å². The summed E-state index contributed by atoms with van der Waals surface area (Å²) in [6, 6.07) is 8.27. The van der Waals surface area contributed by atoms with E-state index in [1.165, 1.54) is 57.4 Å². The van der Waals surface area contributed by atoms with Gasteiger partial charge in [0.05, 0.1) is 0 Å². The van der Waals surface area contributed by atoms with Crippen molar-refractivity contribution in [2.45, 2.75) is 86.0 Å². The van der Waals surface area contributed by atoms with Gasteiger partial charge in [-0.15, -0.1) is 0 Å². The Kier molecular flexibility index (Phi) is 4.96. The highest BCUT2D eigenvalue weighted by molar-refractivity contribution is 6.09. The van der Waals surface area contributed by atoms with Crippen LogP contribution in [-0.4, -0.2) is 16.7 Å². The molecule has 2 fully saturated rings. The van der Waals surface area contributed by atoms with E-state index in [9.17, 15) is 14.7 Å². The van der Waals surface area contributed by atoms with E-state index in [-0.39, 0.29) is 11.3 Å². The molecule has 2 saturated carbocycles. The van der Waals surface area contributed by atoms with Gasteiger partial charge in [0.2, 0.25) is 0 Å². The molecular weight excluding hydrogens is 468 g/mol. The number of aromatic hydroxyl groups is 1. The Balaban J connectivity index is 0.000000127. The lowest BCUT2D eigenvalue weighted by Crippen LogP contribution is -2.26. The summed E-state index contributed by atoms with van der Waals surface area (Å²) in [7, 11) is 0. The third kappa shape index (κ3) is 2.96. The van der Waals surface area contributed by atoms with Gasteiger partial charge >= 0.3 is 0 Å². The minimum atomic E-state index is 0.198. The molecule has 196 valence electrons. The van der Waals surface area contributed by atoms with E-state index in [4.69, 9.17) is 0 Å². The molecule has 4 bridgehead atoms. The van der Waals surface area contributed by atoms with Crippen molar-refractivity contribution in [2.24, 2.45) is 22.7 Å². The first-order valence-corrected chi connectivity index (χ1v) is 14.5. The zero-order valence-electron chi connectivity index (χ0n) is 23.4. The summed E-state index contributed by atoms with van der Waals surface area (Å²) in [4.78, 5) is 24.8. The van der Waals surface area contributed by atoms with Crippen LogP contribution in [-0.2, 0) is 22.4 Å². The SMILES string of the molecule is CC1=C2c3ccc(C)c(C)c3CC23CCC(C3)C1=O.CC1=C2c3ccc(O)c(C)c3CC23CCC(C3)C1=O. The van der Waals surface area contributed by atoms with Gasteiger partial charge in [-0.05, 0) is 153 Å². The Bertz CT molecular complexity index is 1420. The number of benzene rings is 2. The molecule has 38 heavy (non-hydrogen) atoms. The molecule has 3 nitrogen and oxygen atoms in total. The largest absolute Gasteiger partial charge is 0.508 e. The van der Waals surface area contributed by atoms with Gasteiger partial charge in [-0.3, -0.25) is 9.59 Å². The van der Waals surface area contributed by atoms with Crippen LogP contribution in [0.5, 0.6) is 5.75 Å². The first-order valence-electron chi connectivity index (χ1n) is 14.5. The Labute approximate surface area is 226 Å². The number of hydrogen-bond acceptors (Lipinski definition) is 3. The maximum Gasteiger partial charge on any atom is 0.161 e. The molecule has 0 saturated heterocycles. The smallest absolute Gasteiger partial charge is 0.161 e. The van der Waals surface area contributed by atoms with Gasteiger partial charge in [0.15, 0.2) is 11.6 Å². The van der Waals surface area contributed by atoms with E-state index >= 15 is 0 Å². The van der Waals surface area contributed by atoms with E-state index in [0.717, 1.165) is 55.2 Å². The lowest BCUT2D eigenvalue weighted by atomic mass is 9.71. The van der Waals surface area contributed by atoms with Crippen molar-refractivity contribution in [3.63, 3.8) is 0 Å². The number of phenols is 1. The van der Waals surface area contributed by atoms with Crippen LogP contribution in [0.15, 0.2) is 35.4 Å². The van der Waals surface area contributed by atoms with Crippen molar-refractivity contribution in [2.75, 3.05) is 0 Å². The van der Waals surface area contributed by atoms with E-state index in [2.05, 4.69) is 32.9 Å². The molecule has 6 aliphatic carbocycles. The van der Waals surface area contributed by atoms with Crippen LogP contribution in [0.4, 0.5) is 0 Å². The quantitative estimate of drug-likeness (QED) is 0.405. The van der Waals surface area contributed by atoms with Crippen molar-refractivity contribution in [1.29, 1.82) is 0 Å². The number of carbonyl (C=O) groups is 2. The van der Waals surface area contributed by atoms with Crippen molar-refractivity contribution in [1.82, 2.24) is 0 Å². The molecule has 0 heterocycles. The number of hydrogen-bond donors (Lipinski definition) is 1. The monoisotopic (exact) mass is 506 g/mol. The number of phenolic OH excluding ortho intramolecular Hbond substituents is 1. The zero-order chi connectivity index (χ0) is 26.7. The molecule has 8 rings (SSSR count).